The van der Waals surface area contributed by atoms with Crippen LogP contribution in [0.4, 0.5) is 0 Å². The molecule has 118 valence electrons. The predicted octanol–water partition coefficient (Wildman–Crippen LogP) is 4.52. The van der Waals surface area contributed by atoms with Gasteiger partial charge in [-0.25, -0.2) is 4.79 Å². The number of aliphatic carboxylic acids is 1. The summed E-state index contributed by atoms with van der Waals surface area (Å²) in [5.41, 5.74) is 0.193. The fourth-order valence-electron chi connectivity index (χ4n) is 2.45. The quantitative estimate of drug-likeness (QED) is 0.409. The van der Waals surface area contributed by atoms with Crippen LogP contribution in [-0.4, -0.2) is 22.7 Å². The first kappa shape index (κ1) is 19.2. The summed E-state index contributed by atoms with van der Waals surface area (Å²) in [7, 11) is 0. The Morgan fingerprint density at radius 2 is 1.65 bits per heavy atom. The molecule has 20 heavy (non-hydrogen) atoms. The maximum Gasteiger partial charge on any atom is 0.332 e. The molecule has 0 saturated carbocycles. The Labute approximate surface area is 124 Å². The van der Waals surface area contributed by atoms with Crippen LogP contribution in [0.5, 0.6) is 0 Å². The van der Waals surface area contributed by atoms with Gasteiger partial charge in [0.25, 0.3) is 0 Å². The van der Waals surface area contributed by atoms with Gasteiger partial charge in [-0.1, -0.05) is 58.4 Å². The van der Waals surface area contributed by atoms with E-state index in [1.807, 2.05) is 6.92 Å². The normalized spacial score (nSPS) is 13.2. The van der Waals surface area contributed by atoms with Gasteiger partial charge in [-0.3, -0.25) is 0 Å². The average molecular weight is 283 g/mol. The van der Waals surface area contributed by atoms with Gasteiger partial charge in [-0.05, 0) is 27.2 Å². The largest absolute Gasteiger partial charge is 0.478 e. The second-order valence-corrected chi connectivity index (χ2v) is 6.45. The number of hydrogen-bond acceptors (Lipinski definition) is 2. The van der Waals surface area contributed by atoms with E-state index in [1.165, 1.54) is 44.9 Å². The zero-order chi connectivity index (χ0) is 15.6. The number of nitrogens with one attached hydrogen (secondary N) is 1. The van der Waals surface area contributed by atoms with Crippen LogP contribution in [-0.2, 0) is 4.79 Å². The molecule has 0 amide bonds. The fourth-order valence-corrected chi connectivity index (χ4v) is 2.45. The SMILES string of the molecule is C=C(C(=O)O)C(C)NC(C)(C)CCCCCCCCC. The van der Waals surface area contributed by atoms with Gasteiger partial charge in [-0.2, -0.15) is 0 Å². The highest BCUT2D eigenvalue weighted by Crippen LogP contribution is 2.17. The highest BCUT2D eigenvalue weighted by molar-refractivity contribution is 5.87. The van der Waals surface area contributed by atoms with Crippen molar-refractivity contribution in [3.63, 3.8) is 0 Å². The van der Waals surface area contributed by atoms with E-state index in [4.69, 9.17) is 5.11 Å². The summed E-state index contributed by atoms with van der Waals surface area (Å²) in [6.07, 6.45) is 10.2. The lowest BCUT2D eigenvalue weighted by molar-refractivity contribution is -0.133. The van der Waals surface area contributed by atoms with E-state index in [-0.39, 0.29) is 17.2 Å². The molecule has 0 aromatic carbocycles. The molecule has 0 saturated heterocycles. The first-order valence-electron chi connectivity index (χ1n) is 8.00. The fraction of sp³-hybridized carbons (Fsp3) is 0.824. The first-order chi connectivity index (χ1) is 9.30. The molecule has 0 spiro atoms. The van der Waals surface area contributed by atoms with Crippen LogP contribution in [0, 0.1) is 0 Å². The second kappa shape index (κ2) is 9.98. The molecule has 0 radical (unpaired) electrons. The Morgan fingerprint density at radius 3 is 2.15 bits per heavy atom. The molecule has 2 N–H and O–H groups in total. The Kier molecular flexibility index (Phi) is 9.56. The Balaban J connectivity index is 3.84. The van der Waals surface area contributed by atoms with Crippen LogP contribution in [0.3, 0.4) is 0 Å². The summed E-state index contributed by atoms with van der Waals surface area (Å²) >= 11 is 0. The van der Waals surface area contributed by atoms with Crippen LogP contribution in [0.2, 0.25) is 0 Å². The van der Waals surface area contributed by atoms with Crippen LogP contribution >= 0.6 is 0 Å². The van der Waals surface area contributed by atoms with Crippen molar-refractivity contribution in [3.8, 4) is 0 Å². The smallest absolute Gasteiger partial charge is 0.332 e. The van der Waals surface area contributed by atoms with E-state index >= 15 is 0 Å². The Bertz CT molecular complexity index is 297. The Hall–Kier alpha value is -0.830. The van der Waals surface area contributed by atoms with Gasteiger partial charge in [-0.15, -0.1) is 0 Å². The van der Waals surface area contributed by atoms with E-state index in [0.29, 0.717) is 0 Å². The van der Waals surface area contributed by atoms with Crippen LogP contribution in [0.15, 0.2) is 12.2 Å². The standard InChI is InChI=1S/C17H33NO2/c1-6-7-8-9-10-11-12-13-17(4,5)18-15(3)14(2)16(19)20/h15,18H,2,6-13H2,1,3-5H3,(H,19,20). The van der Waals surface area contributed by atoms with Crippen LogP contribution in [0.1, 0.15) is 79.1 Å². The maximum atomic E-state index is 10.9. The first-order valence-corrected chi connectivity index (χ1v) is 8.00. The molecule has 0 aromatic heterocycles. The lowest BCUT2D eigenvalue weighted by Gasteiger charge is -2.30. The zero-order valence-electron chi connectivity index (χ0n) is 13.8. The van der Waals surface area contributed by atoms with E-state index in [9.17, 15) is 4.79 Å². The van der Waals surface area contributed by atoms with Gasteiger partial charge >= 0.3 is 5.97 Å². The summed E-state index contributed by atoms with van der Waals surface area (Å²) in [5, 5.41) is 12.3. The molecule has 0 fully saturated rings. The van der Waals surface area contributed by atoms with Gasteiger partial charge in [0.2, 0.25) is 0 Å². The molecule has 1 unspecified atom stereocenters. The molecule has 0 rings (SSSR count). The van der Waals surface area contributed by atoms with Crippen molar-refractivity contribution in [3.05, 3.63) is 12.2 Å². The molecule has 1 atom stereocenters. The molecule has 0 aliphatic carbocycles. The average Bonchev–Trinajstić information content (AvgIpc) is 2.36. The van der Waals surface area contributed by atoms with E-state index in [1.54, 1.807) is 0 Å². The third-order valence-electron chi connectivity index (χ3n) is 3.81. The number of carboxylic acids is 1. The summed E-state index contributed by atoms with van der Waals surface area (Å²) in [6, 6.07) is -0.188. The zero-order valence-corrected chi connectivity index (χ0v) is 13.8. The van der Waals surface area contributed by atoms with Crippen molar-refractivity contribution in [1.82, 2.24) is 5.32 Å². The number of carboxylic acid groups (broad SMARTS) is 1. The van der Waals surface area contributed by atoms with E-state index in [0.717, 1.165) is 6.42 Å². The lowest BCUT2D eigenvalue weighted by Crippen LogP contribution is -2.46. The van der Waals surface area contributed by atoms with Crippen molar-refractivity contribution in [2.24, 2.45) is 0 Å². The van der Waals surface area contributed by atoms with Gasteiger partial charge in [0.1, 0.15) is 0 Å². The van der Waals surface area contributed by atoms with Crippen molar-refractivity contribution < 1.29 is 9.90 Å². The molecule has 0 aliphatic rings. The van der Waals surface area contributed by atoms with Gasteiger partial charge < -0.3 is 10.4 Å². The molecule has 0 aromatic rings. The van der Waals surface area contributed by atoms with Gasteiger partial charge in [0.15, 0.2) is 0 Å². The minimum atomic E-state index is -0.920. The second-order valence-electron chi connectivity index (χ2n) is 6.45. The number of rotatable bonds is 12. The molecule has 0 heterocycles. The summed E-state index contributed by atoms with van der Waals surface area (Å²) in [5.74, 6) is -0.920. The molecule has 3 heteroatoms. The number of carbonyl (C=O) groups is 1. The maximum absolute atomic E-state index is 10.9. The predicted molar refractivity (Wildman–Crippen MR) is 86.1 cm³/mol. The van der Waals surface area contributed by atoms with Crippen molar-refractivity contribution in [1.29, 1.82) is 0 Å². The minimum Gasteiger partial charge on any atom is -0.478 e. The third kappa shape index (κ3) is 9.13. The summed E-state index contributed by atoms with van der Waals surface area (Å²) < 4.78 is 0. The van der Waals surface area contributed by atoms with Crippen molar-refractivity contribution >= 4 is 5.97 Å². The van der Waals surface area contributed by atoms with Gasteiger partial charge in [0.05, 0.1) is 0 Å². The molecule has 3 nitrogen and oxygen atoms in total. The van der Waals surface area contributed by atoms with Crippen molar-refractivity contribution in [2.45, 2.75) is 90.6 Å². The molecule has 0 aliphatic heterocycles. The van der Waals surface area contributed by atoms with Crippen molar-refractivity contribution in [2.75, 3.05) is 0 Å². The molecular formula is C17H33NO2. The van der Waals surface area contributed by atoms with E-state index in [2.05, 4.69) is 32.7 Å². The van der Waals surface area contributed by atoms with E-state index < -0.39 is 5.97 Å². The highest BCUT2D eigenvalue weighted by Gasteiger charge is 2.22. The molecule has 0 bridgehead atoms. The summed E-state index contributed by atoms with van der Waals surface area (Å²) in [6.45, 7) is 12.0. The monoisotopic (exact) mass is 283 g/mol. The number of unbranched alkanes of at least 4 members (excludes halogenated alkanes) is 6. The summed E-state index contributed by atoms with van der Waals surface area (Å²) in [4.78, 5) is 10.9. The highest BCUT2D eigenvalue weighted by atomic mass is 16.4. The van der Waals surface area contributed by atoms with Crippen LogP contribution < -0.4 is 5.32 Å². The molecular weight excluding hydrogens is 250 g/mol. The lowest BCUT2D eigenvalue weighted by atomic mass is 9.94. The van der Waals surface area contributed by atoms with Gasteiger partial charge in [0, 0.05) is 17.2 Å². The third-order valence-corrected chi connectivity index (χ3v) is 3.81. The Morgan fingerprint density at radius 1 is 1.15 bits per heavy atom. The minimum absolute atomic E-state index is 0.0405. The van der Waals surface area contributed by atoms with Crippen LogP contribution in [0.25, 0.3) is 0 Å². The number of hydrogen-bond donors (Lipinski definition) is 2. The topological polar surface area (TPSA) is 49.3 Å².